The summed E-state index contributed by atoms with van der Waals surface area (Å²) in [6.07, 6.45) is 1.58. The van der Waals surface area contributed by atoms with Gasteiger partial charge >= 0.3 is 0 Å². The van der Waals surface area contributed by atoms with Gasteiger partial charge in [-0.3, -0.25) is 0 Å². The third-order valence-corrected chi connectivity index (χ3v) is 3.69. The van der Waals surface area contributed by atoms with E-state index in [-0.39, 0.29) is 11.9 Å². The van der Waals surface area contributed by atoms with E-state index >= 15 is 0 Å². The lowest BCUT2D eigenvalue weighted by Gasteiger charge is -2.26. The summed E-state index contributed by atoms with van der Waals surface area (Å²) < 4.78 is 13.4. The zero-order valence-electron chi connectivity index (χ0n) is 11.3. The minimum Gasteiger partial charge on any atom is -0.391 e. The third-order valence-electron chi connectivity index (χ3n) is 3.69. The number of rotatable bonds is 2. The van der Waals surface area contributed by atoms with E-state index in [1.807, 2.05) is 11.0 Å². The first kappa shape index (κ1) is 13.5. The largest absolute Gasteiger partial charge is 0.391 e. The monoisotopic (exact) mass is 283 g/mol. The molecule has 1 aromatic heterocycles. The van der Waals surface area contributed by atoms with Crippen LogP contribution in [0.25, 0.3) is 0 Å². The highest BCUT2D eigenvalue weighted by atomic mass is 19.1. The number of hydrogen-bond acceptors (Lipinski definition) is 4. The fourth-order valence-electron chi connectivity index (χ4n) is 2.79. The average Bonchev–Trinajstić information content (AvgIpc) is 2.89. The van der Waals surface area contributed by atoms with Crippen LogP contribution in [-0.4, -0.2) is 22.7 Å². The van der Waals surface area contributed by atoms with Gasteiger partial charge < -0.3 is 10.0 Å². The molecular formula is C16H14FN3O. The first-order valence-electron chi connectivity index (χ1n) is 6.74. The van der Waals surface area contributed by atoms with Crippen molar-refractivity contribution >= 4 is 5.82 Å². The lowest BCUT2D eigenvalue weighted by Crippen LogP contribution is -2.26. The molecule has 2 aromatic rings. The van der Waals surface area contributed by atoms with E-state index in [2.05, 4.69) is 11.1 Å². The summed E-state index contributed by atoms with van der Waals surface area (Å²) >= 11 is 0. The van der Waals surface area contributed by atoms with Gasteiger partial charge in [0.2, 0.25) is 0 Å². The number of halogens is 1. The van der Waals surface area contributed by atoms with Crippen LogP contribution in [0.5, 0.6) is 0 Å². The van der Waals surface area contributed by atoms with Crippen molar-refractivity contribution in [1.82, 2.24) is 4.98 Å². The number of nitriles is 1. The number of pyridine rings is 1. The Balaban J connectivity index is 2.02. The van der Waals surface area contributed by atoms with Crippen molar-refractivity contribution in [2.75, 3.05) is 11.4 Å². The predicted octanol–water partition coefficient (Wildman–Crippen LogP) is 2.40. The molecule has 0 amide bonds. The molecule has 4 nitrogen and oxygen atoms in total. The molecule has 0 radical (unpaired) electrons. The van der Waals surface area contributed by atoms with Crippen LogP contribution in [0.4, 0.5) is 10.2 Å². The molecule has 1 aliphatic rings. The summed E-state index contributed by atoms with van der Waals surface area (Å²) in [6, 6.07) is 11.6. The maximum Gasteiger partial charge on any atom is 0.147 e. The summed E-state index contributed by atoms with van der Waals surface area (Å²) in [6.45, 7) is 0.382. The van der Waals surface area contributed by atoms with Gasteiger partial charge in [0.1, 0.15) is 17.7 Å². The highest BCUT2D eigenvalue weighted by molar-refractivity contribution is 5.56. The maximum absolute atomic E-state index is 13.4. The third kappa shape index (κ3) is 2.58. The van der Waals surface area contributed by atoms with Crippen LogP contribution in [0.2, 0.25) is 0 Å². The number of hydrogen-bond donors (Lipinski definition) is 1. The van der Waals surface area contributed by atoms with Gasteiger partial charge in [0.25, 0.3) is 0 Å². The first-order valence-corrected chi connectivity index (χ1v) is 6.74. The topological polar surface area (TPSA) is 60.2 Å². The minimum absolute atomic E-state index is 0.183. The molecule has 2 heterocycles. The van der Waals surface area contributed by atoms with Crippen LogP contribution in [0.15, 0.2) is 42.6 Å². The van der Waals surface area contributed by atoms with Crippen LogP contribution in [0.1, 0.15) is 23.6 Å². The van der Waals surface area contributed by atoms with Gasteiger partial charge in [-0.25, -0.2) is 9.37 Å². The van der Waals surface area contributed by atoms with Crippen LogP contribution < -0.4 is 4.90 Å². The van der Waals surface area contributed by atoms with Crippen LogP contribution in [0.3, 0.4) is 0 Å². The standard InChI is InChI=1S/C16H14FN3O/c17-13-5-1-3-11(7-13)15-8-14(21)10-20(15)16-12(9-18)4-2-6-19-16/h1-7,14-15,21H,8,10H2/t14-,15-/m0/s1. The molecule has 2 atom stereocenters. The van der Waals surface area contributed by atoms with Crippen molar-refractivity contribution < 1.29 is 9.50 Å². The number of aliphatic hydroxyl groups is 1. The van der Waals surface area contributed by atoms with Crippen molar-refractivity contribution in [3.63, 3.8) is 0 Å². The molecule has 0 saturated carbocycles. The number of aliphatic hydroxyl groups excluding tert-OH is 1. The van der Waals surface area contributed by atoms with Crippen molar-refractivity contribution in [3.05, 3.63) is 59.5 Å². The molecule has 1 saturated heterocycles. The van der Waals surface area contributed by atoms with Gasteiger partial charge in [-0.1, -0.05) is 12.1 Å². The van der Waals surface area contributed by atoms with Gasteiger partial charge in [0.05, 0.1) is 17.7 Å². The molecule has 1 aromatic carbocycles. The molecule has 1 aliphatic heterocycles. The normalized spacial score (nSPS) is 21.3. The Kier molecular flexibility index (Phi) is 3.55. The van der Waals surface area contributed by atoms with Crippen molar-refractivity contribution in [2.24, 2.45) is 0 Å². The van der Waals surface area contributed by atoms with Gasteiger partial charge in [0, 0.05) is 12.7 Å². The second-order valence-electron chi connectivity index (χ2n) is 5.10. The SMILES string of the molecule is N#Cc1cccnc1N1C[C@@H](O)C[C@H]1c1cccc(F)c1. The molecular weight excluding hydrogens is 269 g/mol. The molecule has 1 N–H and O–H groups in total. The Morgan fingerprint density at radius 2 is 2.19 bits per heavy atom. The Labute approximate surface area is 122 Å². The van der Waals surface area contributed by atoms with Crippen LogP contribution in [0, 0.1) is 17.1 Å². The fourth-order valence-corrected chi connectivity index (χ4v) is 2.79. The summed E-state index contributed by atoms with van der Waals surface area (Å²) in [5.74, 6) is 0.223. The van der Waals surface area contributed by atoms with E-state index in [4.69, 9.17) is 0 Å². The van der Waals surface area contributed by atoms with Gasteiger partial charge in [0.15, 0.2) is 0 Å². The van der Waals surface area contributed by atoms with Crippen LogP contribution in [-0.2, 0) is 0 Å². The number of benzene rings is 1. The first-order chi connectivity index (χ1) is 10.2. The molecule has 0 bridgehead atoms. The molecule has 0 aliphatic carbocycles. The zero-order chi connectivity index (χ0) is 14.8. The van der Waals surface area contributed by atoms with Crippen molar-refractivity contribution in [2.45, 2.75) is 18.6 Å². The van der Waals surface area contributed by atoms with E-state index < -0.39 is 6.10 Å². The smallest absolute Gasteiger partial charge is 0.147 e. The lowest BCUT2D eigenvalue weighted by atomic mass is 10.0. The van der Waals surface area contributed by atoms with Crippen LogP contribution >= 0.6 is 0 Å². The highest BCUT2D eigenvalue weighted by Crippen LogP contribution is 2.36. The number of β-amino-alcohol motifs (C(OH)–C–C–N with tert-alkyl or cyclic N) is 1. The van der Waals surface area contributed by atoms with Gasteiger partial charge in [-0.2, -0.15) is 5.26 Å². The Morgan fingerprint density at radius 3 is 2.95 bits per heavy atom. The summed E-state index contributed by atoms with van der Waals surface area (Å²) in [5, 5.41) is 19.2. The predicted molar refractivity (Wildman–Crippen MR) is 76.1 cm³/mol. The van der Waals surface area contributed by atoms with Gasteiger partial charge in [-0.05, 0) is 36.2 Å². The van der Waals surface area contributed by atoms with Crippen molar-refractivity contribution in [1.29, 1.82) is 5.26 Å². The van der Waals surface area contributed by atoms with E-state index in [9.17, 15) is 14.8 Å². The van der Waals surface area contributed by atoms with E-state index in [1.54, 1.807) is 24.4 Å². The second-order valence-corrected chi connectivity index (χ2v) is 5.10. The molecule has 106 valence electrons. The molecule has 0 spiro atoms. The molecule has 21 heavy (non-hydrogen) atoms. The molecule has 5 heteroatoms. The Morgan fingerprint density at radius 1 is 1.33 bits per heavy atom. The van der Waals surface area contributed by atoms with E-state index in [1.165, 1.54) is 12.1 Å². The molecule has 1 fully saturated rings. The van der Waals surface area contributed by atoms with E-state index in [0.29, 0.717) is 24.3 Å². The molecule has 0 unspecified atom stereocenters. The summed E-state index contributed by atoms with van der Waals surface area (Å²) in [5.41, 5.74) is 1.23. The highest BCUT2D eigenvalue weighted by Gasteiger charge is 2.34. The number of aromatic nitrogens is 1. The number of nitrogens with zero attached hydrogens (tertiary/aromatic N) is 3. The summed E-state index contributed by atoms with van der Waals surface area (Å²) in [4.78, 5) is 6.14. The minimum atomic E-state index is -0.521. The average molecular weight is 283 g/mol. The van der Waals surface area contributed by atoms with Crippen molar-refractivity contribution in [3.8, 4) is 6.07 Å². The fraction of sp³-hybridized carbons (Fsp3) is 0.250. The Bertz CT molecular complexity index is 698. The lowest BCUT2D eigenvalue weighted by molar-refractivity contribution is 0.194. The van der Waals surface area contributed by atoms with E-state index in [0.717, 1.165) is 5.56 Å². The number of anilines is 1. The maximum atomic E-state index is 13.4. The second kappa shape index (κ2) is 5.51. The molecule has 3 rings (SSSR count). The zero-order valence-corrected chi connectivity index (χ0v) is 11.3. The Hall–Kier alpha value is -2.45. The summed E-state index contributed by atoms with van der Waals surface area (Å²) in [7, 11) is 0. The van der Waals surface area contributed by atoms with Gasteiger partial charge in [-0.15, -0.1) is 0 Å². The quantitative estimate of drug-likeness (QED) is 0.919.